The topological polar surface area (TPSA) is 64.1 Å². The summed E-state index contributed by atoms with van der Waals surface area (Å²) in [5, 5.41) is 12.6. The normalized spacial score (nSPS) is 13.5. The minimum Gasteiger partial charge on any atom is -0.394 e. The number of hydrogen-bond donors (Lipinski definition) is 2. The molecule has 0 spiro atoms. The van der Waals surface area contributed by atoms with E-state index in [1.165, 1.54) is 0 Å². The van der Waals surface area contributed by atoms with Crippen LogP contribution < -0.4 is 5.73 Å². The van der Waals surface area contributed by atoms with Gasteiger partial charge in [-0.2, -0.15) is 5.10 Å². The van der Waals surface area contributed by atoms with Crippen molar-refractivity contribution in [1.29, 1.82) is 0 Å². The zero-order valence-corrected chi connectivity index (χ0v) is 5.86. The fourth-order valence-electron chi connectivity index (χ4n) is 0.724. The third-order valence-electron chi connectivity index (χ3n) is 1.31. The highest BCUT2D eigenvalue weighted by Crippen LogP contribution is 2.03. The highest BCUT2D eigenvalue weighted by molar-refractivity contribution is 5.03. The molecular formula is C6H11N3O. The average Bonchev–Trinajstić information content (AvgIpc) is 2.34. The van der Waals surface area contributed by atoms with Crippen LogP contribution in [-0.4, -0.2) is 21.5 Å². The number of rotatable bonds is 2. The van der Waals surface area contributed by atoms with Crippen LogP contribution >= 0.6 is 0 Å². The molecule has 0 fully saturated rings. The van der Waals surface area contributed by atoms with E-state index in [0.717, 1.165) is 5.69 Å². The quantitative estimate of drug-likeness (QED) is 0.578. The lowest BCUT2D eigenvalue weighted by molar-refractivity contribution is 0.265. The molecule has 1 atom stereocenters. The van der Waals surface area contributed by atoms with Gasteiger partial charge in [0.05, 0.1) is 18.3 Å². The Morgan fingerprint density at radius 2 is 2.60 bits per heavy atom. The lowest BCUT2D eigenvalue weighted by Gasteiger charge is -2.01. The zero-order chi connectivity index (χ0) is 7.56. The summed E-state index contributed by atoms with van der Waals surface area (Å²) in [5.74, 6) is 0. The van der Waals surface area contributed by atoms with Crippen LogP contribution in [0.3, 0.4) is 0 Å². The monoisotopic (exact) mass is 141 g/mol. The lowest BCUT2D eigenvalue weighted by atomic mass is 10.2. The van der Waals surface area contributed by atoms with Gasteiger partial charge in [0.2, 0.25) is 0 Å². The van der Waals surface area contributed by atoms with Gasteiger partial charge in [-0.15, -0.1) is 0 Å². The molecule has 0 bridgehead atoms. The number of aryl methyl sites for hydroxylation is 1. The minimum atomic E-state index is -0.346. The molecule has 1 rings (SSSR count). The predicted octanol–water partition coefficient (Wildman–Crippen LogP) is -0.588. The van der Waals surface area contributed by atoms with Crippen LogP contribution in [0, 0.1) is 0 Å². The summed E-state index contributed by atoms with van der Waals surface area (Å²) in [6.07, 6.45) is 1.80. The van der Waals surface area contributed by atoms with Crippen molar-refractivity contribution in [2.75, 3.05) is 6.61 Å². The van der Waals surface area contributed by atoms with Crippen molar-refractivity contribution in [3.8, 4) is 0 Å². The summed E-state index contributed by atoms with van der Waals surface area (Å²) < 4.78 is 1.66. The van der Waals surface area contributed by atoms with Crippen LogP contribution in [0.4, 0.5) is 0 Å². The highest BCUT2D eigenvalue weighted by atomic mass is 16.3. The molecule has 0 amide bonds. The van der Waals surface area contributed by atoms with Gasteiger partial charge < -0.3 is 10.8 Å². The second kappa shape index (κ2) is 2.81. The molecule has 0 aliphatic heterocycles. The molecule has 10 heavy (non-hydrogen) atoms. The maximum Gasteiger partial charge on any atom is 0.0815 e. The van der Waals surface area contributed by atoms with Crippen LogP contribution in [0.15, 0.2) is 12.3 Å². The largest absolute Gasteiger partial charge is 0.394 e. The Morgan fingerprint density at radius 1 is 1.90 bits per heavy atom. The van der Waals surface area contributed by atoms with E-state index in [9.17, 15) is 0 Å². The van der Waals surface area contributed by atoms with Crippen molar-refractivity contribution < 1.29 is 5.11 Å². The summed E-state index contributed by atoms with van der Waals surface area (Å²) in [4.78, 5) is 0. The Kier molecular flexibility index (Phi) is 2.03. The van der Waals surface area contributed by atoms with Gasteiger partial charge in [-0.05, 0) is 6.07 Å². The van der Waals surface area contributed by atoms with Crippen molar-refractivity contribution >= 4 is 0 Å². The van der Waals surface area contributed by atoms with Gasteiger partial charge in [0.1, 0.15) is 0 Å². The summed E-state index contributed by atoms with van der Waals surface area (Å²) in [5.41, 5.74) is 6.21. The van der Waals surface area contributed by atoms with Crippen molar-refractivity contribution in [3.63, 3.8) is 0 Å². The van der Waals surface area contributed by atoms with Gasteiger partial charge in [0.25, 0.3) is 0 Å². The fraction of sp³-hybridized carbons (Fsp3) is 0.500. The molecule has 4 nitrogen and oxygen atoms in total. The SMILES string of the molecule is Cn1ccc([C@@H](N)CO)n1. The number of nitrogens with two attached hydrogens (primary N) is 1. The molecule has 0 saturated heterocycles. The number of aromatic nitrogens is 2. The fourth-order valence-corrected chi connectivity index (χ4v) is 0.724. The Morgan fingerprint density at radius 3 is 3.00 bits per heavy atom. The number of aliphatic hydroxyl groups is 1. The van der Waals surface area contributed by atoms with E-state index in [1.807, 2.05) is 7.05 Å². The molecule has 1 aromatic rings. The van der Waals surface area contributed by atoms with Crippen LogP contribution in [0.5, 0.6) is 0 Å². The number of hydrogen-bond acceptors (Lipinski definition) is 3. The first-order valence-electron chi connectivity index (χ1n) is 3.10. The second-order valence-electron chi connectivity index (χ2n) is 2.20. The summed E-state index contributed by atoms with van der Waals surface area (Å²) in [6.45, 7) is -0.0585. The number of nitrogens with zero attached hydrogens (tertiary/aromatic N) is 2. The van der Waals surface area contributed by atoms with Crippen molar-refractivity contribution in [2.24, 2.45) is 12.8 Å². The zero-order valence-electron chi connectivity index (χ0n) is 5.86. The molecule has 0 radical (unpaired) electrons. The van der Waals surface area contributed by atoms with E-state index < -0.39 is 0 Å². The van der Waals surface area contributed by atoms with E-state index >= 15 is 0 Å². The molecule has 0 aliphatic rings. The Labute approximate surface area is 59.3 Å². The van der Waals surface area contributed by atoms with Gasteiger partial charge in [0.15, 0.2) is 0 Å². The van der Waals surface area contributed by atoms with Gasteiger partial charge >= 0.3 is 0 Å². The smallest absolute Gasteiger partial charge is 0.0815 e. The summed E-state index contributed by atoms with van der Waals surface area (Å²) in [6, 6.07) is 1.45. The van der Waals surface area contributed by atoms with Crippen molar-refractivity contribution in [3.05, 3.63) is 18.0 Å². The molecule has 0 aromatic carbocycles. The standard InChI is InChI=1S/C6H11N3O/c1-9-3-2-6(8-9)5(7)4-10/h2-3,5,10H,4,7H2,1H3/t5-/m0/s1. The van der Waals surface area contributed by atoms with Crippen molar-refractivity contribution in [1.82, 2.24) is 9.78 Å². The van der Waals surface area contributed by atoms with Gasteiger partial charge in [-0.25, -0.2) is 0 Å². The Balaban J connectivity index is 2.74. The van der Waals surface area contributed by atoms with E-state index in [1.54, 1.807) is 16.9 Å². The van der Waals surface area contributed by atoms with E-state index in [4.69, 9.17) is 10.8 Å². The van der Waals surface area contributed by atoms with E-state index in [-0.39, 0.29) is 12.6 Å². The molecule has 56 valence electrons. The minimum absolute atomic E-state index is 0.0585. The molecule has 0 saturated carbocycles. The summed E-state index contributed by atoms with van der Waals surface area (Å²) in [7, 11) is 1.81. The molecule has 0 aliphatic carbocycles. The molecule has 1 aromatic heterocycles. The molecule has 3 N–H and O–H groups in total. The van der Waals surface area contributed by atoms with Crippen LogP contribution in [0.2, 0.25) is 0 Å². The number of aliphatic hydroxyl groups excluding tert-OH is 1. The third kappa shape index (κ3) is 1.34. The maximum absolute atomic E-state index is 8.62. The van der Waals surface area contributed by atoms with E-state index in [0.29, 0.717) is 0 Å². The van der Waals surface area contributed by atoms with Crippen LogP contribution in [0.1, 0.15) is 11.7 Å². The molecule has 1 heterocycles. The average molecular weight is 141 g/mol. The van der Waals surface area contributed by atoms with E-state index in [2.05, 4.69) is 5.10 Å². The predicted molar refractivity (Wildman–Crippen MR) is 37.2 cm³/mol. The van der Waals surface area contributed by atoms with Crippen molar-refractivity contribution in [2.45, 2.75) is 6.04 Å². The first-order valence-corrected chi connectivity index (χ1v) is 3.10. The first kappa shape index (κ1) is 7.24. The first-order chi connectivity index (χ1) is 4.74. The molecular weight excluding hydrogens is 130 g/mol. The molecule has 0 unspecified atom stereocenters. The second-order valence-corrected chi connectivity index (χ2v) is 2.20. The lowest BCUT2D eigenvalue weighted by Crippen LogP contribution is -2.15. The molecule has 4 heteroatoms. The Hall–Kier alpha value is -0.870. The van der Waals surface area contributed by atoms with Crippen LogP contribution in [0.25, 0.3) is 0 Å². The van der Waals surface area contributed by atoms with Gasteiger partial charge in [0, 0.05) is 13.2 Å². The van der Waals surface area contributed by atoms with Gasteiger partial charge in [-0.3, -0.25) is 4.68 Å². The maximum atomic E-state index is 8.62. The van der Waals surface area contributed by atoms with Gasteiger partial charge in [-0.1, -0.05) is 0 Å². The third-order valence-corrected chi connectivity index (χ3v) is 1.31. The Bertz CT molecular complexity index is 209. The van der Waals surface area contributed by atoms with Crippen LogP contribution in [-0.2, 0) is 7.05 Å². The highest BCUT2D eigenvalue weighted by Gasteiger charge is 2.05. The summed E-state index contributed by atoms with van der Waals surface area (Å²) >= 11 is 0.